The zero-order valence-corrected chi connectivity index (χ0v) is 11.0. The van der Waals surface area contributed by atoms with Crippen LogP contribution in [0, 0.1) is 0 Å². The van der Waals surface area contributed by atoms with Crippen molar-refractivity contribution in [3.05, 3.63) is 71.0 Å². The van der Waals surface area contributed by atoms with E-state index in [-0.39, 0.29) is 0 Å². The number of hydrogen-bond acceptors (Lipinski definition) is 2. The normalized spacial score (nSPS) is 10.6. The lowest BCUT2D eigenvalue weighted by atomic mass is 10.3. The molecule has 2 aromatic carbocycles. The number of benzene rings is 2. The smallest absolute Gasteiger partial charge is 0.0407 e. The molecule has 0 spiro atoms. The van der Waals surface area contributed by atoms with Crippen molar-refractivity contribution in [2.24, 2.45) is 0 Å². The third-order valence-corrected chi connectivity index (χ3v) is 2.78. The van der Waals surface area contributed by atoms with E-state index in [2.05, 4.69) is 10.6 Å². The molecule has 0 saturated heterocycles. The zero-order valence-electron chi connectivity index (χ0n) is 9.53. The second-order valence-corrected chi connectivity index (χ2v) is 4.51. The van der Waals surface area contributed by atoms with Crippen molar-refractivity contribution in [2.45, 2.75) is 0 Å². The molecular formula is C14H12Cl2N2. The van der Waals surface area contributed by atoms with Crippen molar-refractivity contribution in [3.8, 4) is 0 Å². The summed E-state index contributed by atoms with van der Waals surface area (Å²) >= 11 is 11.6. The lowest BCUT2D eigenvalue weighted by molar-refractivity contribution is 1.53. The molecule has 92 valence electrons. The highest BCUT2D eigenvalue weighted by Gasteiger charge is 1.89. The summed E-state index contributed by atoms with van der Waals surface area (Å²) in [6.45, 7) is 0. The largest absolute Gasteiger partial charge is 0.360 e. The Morgan fingerprint density at radius 3 is 1.28 bits per heavy atom. The molecule has 0 heterocycles. The highest BCUT2D eigenvalue weighted by molar-refractivity contribution is 6.30. The lowest BCUT2D eigenvalue weighted by Gasteiger charge is -2.02. The van der Waals surface area contributed by atoms with Crippen LogP contribution in [0.25, 0.3) is 0 Å². The molecular weight excluding hydrogens is 267 g/mol. The van der Waals surface area contributed by atoms with Gasteiger partial charge in [0.2, 0.25) is 0 Å². The van der Waals surface area contributed by atoms with Crippen LogP contribution in [-0.4, -0.2) is 0 Å². The molecule has 0 aliphatic carbocycles. The molecule has 0 aliphatic rings. The molecule has 2 N–H and O–H groups in total. The van der Waals surface area contributed by atoms with Gasteiger partial charge in [-0.3, -0.25) is 0 Å². The molecule has 4 heteroatoms. The summed E-state index contributed by atoms with van der Waals surface area (Å²) in [5, 5.41) is 7.70. The predicted octanol–water partition coefficient (Wildman–Crippen LogP) is 4.99. The molecule has 0 saturated carbocycles. The fraction of sp³-hybridized carbons (Fsp3) is 0. The van der Waals surface area contributed by atoms with E-state index in [1.807, 2.05) is 60.9 Å². The summed E-state index contributed by atoms with van der Waals surface area (Å²) in [4.78, 5) is 0. The molecule has 0 fully saturated rings. The first-order chi connectivity index (χ1) is 8.74. The summed E-state index contributed by atoms with van der Waals surface area (Å²) in [5.74, 6) is 0. The number of anilines is 2. The van der Waals surface area contributed by atoms with Gasteiger partial charge in [-0.2, -0.15) is 0 Å². The number of halogens is 2. The maximum Gasteiger partial charge on any atom is 0.0407 e. The van der Waals surface area contributed by atoms with E-state index < -0.39 is 0 Å². The van der Waals surface area contributed by atoms with Crippen molar-refractivity contribution >= 4 is 34.6 Å². The highest BCUT2D eigenvalue weighted by atomic mass is 35.5. The molecule has 0 bridgehead atoms. The molecule has 0 amide bonds. The third-order valence-electron chi connectivity index (χ3n) is 2.27. The first-order valence-electron chi connectivity index (χ1n) is 5.43. The minimum Gasteiger partial charge on any atom is -0.360 e. The monoisotopic (exact) mass is 278 g/mol. The molecule has 0 radical (unpaired) electrons. The quantitative estimate of drug-likeness (QED) is 0.824. The fourth-order valence-corrected chi connectivity index (χ4v) is 1.62. The van der Waals surface area contributed by atoms with Crippen LogP contribution >= 0.6 is 23.2 Å². The lowest BCUT2D eigenvalue weighted by Crippen LogP contribution is -1.91. The van der Waals surface area contributed by atoms with Gasteiger partial charge < -0.3 is 10.6 Å². The molecule has 0 aromatic heterocycles. The van der Waals surface area contributed by atoms with Crippen LogP contribution in [0.5, 0.6) is 0 Å². The molecule has 2 nitrogen and oxygen atoms in total. The van der Waals surface area contributed by atoms with E-state index in [1.54, 1.807) is 0 Å². The van der Waals surface area contributed by atoms with Crippen LogP contribution < -0.4 is 10.6 Å². The van der Waals surface area contributed by atoms with E-state index in [0.29, 0.717) is 0 Å². The molecule has 0 atom stereocenters. The number of hydrogen-bond donors (Lipinski definition) is 2. The highest BCUT2D eigenvalue weighted by Crippen LogP contribution is 2.14. The van der Waals surface area contributed by atoms with E-state index in [0.717, 1.165) is 21.4 Å². The number of nitrogens with one attached hydrogen (secondary N) is 2. The van der Waals surface area contributed by atoms with Gasteiger partial charge in [-0.25, -0.2) is 0 Å². The maximum atomic E-state index is 5.80. The average molecular weight is 279 g/mol. The third kappa shape index (κ3) is 3.99. The Labute approximate surface area is 116 Å². The van der Waals surface area contributed by atoms with Gasteiger partial charge in [0, 0.05) is 33.8 Å². The van der Waals surface area contributed by atoms with E-state index in [9.17, 15) is 0 Å². The van der Waals surface area contributed by atoms with Crippen LogP contribution in [0.15, 0.2) is 60.9 Å². The molecule has 0 unspecified atom stereocenters. The van der Waals surface area contributed by atoms with Crippen LogP contribution in [-0.2, 0) is 0 Å². The maximum absolute atomic E-state index is 5.80. The Kier molecular flexibility index (Phi) is 4.51. The minimum absolute atomic E-state index is 0.726. The zero-order chi connectivity index (χ0) is 12.8. The Hall–Kier alpha value is -1.64. The van der Waals surface area contributed by atoms with Crippen molar-refractivity contribution in [1.82, 2.24) is 0 Å². The summed E-state index contributed by atoms with van der Waals surface area (Å²) in [6.07, 6.45) is 3.63. The Morgan fingerprint density at radius 2 is 0.944 bits per heavy atom. The van der Waals surface area contributed by atoms with Crippen LogP contribution in [0.3, 0.4) is 0 Å². The molecule has 2 rings (SSSR count). The van der Waals surface area contributed by atoms with Gasteiger partial charge in [0.15, 0.2) is 0 Å². The summed E-state index contributed by atoms with van der Waals surface area (Å²) in [7, 11) is 0. The van der Waals surface area contributed by atoms with Crippen molar-refractivity contribution < 1.29 is 0 Å². The second kappa shape index (κ2) is 6.34. The minimum atomic E-state index is 0.726. The van der Waals surface area contributed by atoms with Crippen molar-refractivity contribution in [1.29, 1.82) is 0 Å². The van der Waals surface area contributed by atoms with E-state index >= 15 is 0 Å². The van der Waals surface area contributed by atoms with Gasteiger partial charge in [-0.15, -0.1) is 0 Å². The molecule has 2 aromatic rings. The summed E-state index contributed by atoms with van der Waals surface area (Å²) < 4.78 is 0. The van der Waals surface area contributed by atoms with Gasteiger partial charge in [-0.05, 0) is 48.5 Å². The van der Waals surface area contributed by atoms with Crippen molar-refractivity contribution in [3.63, 3.8) is 0 Å². The van der Waals surface area contributed by atoms with E-state index in [4.69, 9.17) is 23.2 Å². The summed E-state index contributed by atoms with van der Waals surface area (Å²) in [5.41, 5.74) is 1.96. The topological polar surface area (TPSA) is 24.1 Å². The van der Waals surface area contributed by atoms with Crippen LogP contribution in [0.1, 0.15) is 0 Å². The average Bonchev–Trinajstić information content (AvgIpc) is 2.39. The van der Waals surface area contributed by atoms with E-state index in [1.165, 1.54) is 0 Å². The van der Waals surface area contributed by atoms with Gasteiger partial charge in [-0.1, -0.05) is 23.2 Å². The molecule has 0 aliphatic heterocycles. The SMILES string of the molecule is Clc1ccc(N/C=C/Nc2ccc(Cl)cc2)cc1. The number of rotatable bonds is 4. The predicted molar refractivity (Wildman–Crippen MR) is 79.3 cm³/mol. The van der Waals surface area contributed by atoms with Gasteiger partial charge >= 0.3 is 0 Å². The van der Waals surface area contributed by atoms with Gasteiger partial charge in [0.25, 0.3) is 0 Å². The van der Waals surface area contributed by atoms with Gasteiger partial charge in [0.1, 0.15) is 0 Å². The Bertz CT molecular complexity index is 469. The van der Waals surface area contributed by atoms with Crippen LogP contribution in [0.4, 0.5) is 11.4 Å². The summed E-state index contributed by atoms with van der Waals surface area (Å²) in [6, 6.07) is 15.0. The second-order valence-electron chi connectivity index (χ2n) is 3.64. The first-order valence-corrected chi connectivity index (χ1v) is 6.19. The standard InChI is InChI=1S/C14H12Cl2N2/c15-11-1-5-13(6-2-11)17-9-10-18-14-7-3-12(16)4-8-14/h1-10,17-18H/b10-9+. The Balaban J connectivity index is 1.85. The molecule has 18 heavy (non-hydrogen) atoms. The van der Waals surface area contributed by atoms with Gasteiger partial charge in [0.05, 0.1) is 0 Å². The van der Waals surface area contributed by atoms with Crippen molar-refractivity contribution in [2.75, 3.05) is 10.6 Å². The Morgan fingerprint density at radius 1 is 0.611 bits per heavy atom. The van der Waals surface area contributed by atoms with Crippen LogP contribution in [0.2, 0.25) is 10.0 Å². The first kappa shape index (κ1) is 12.8. The fourth-order valence-electron chi connectivity index (χ4n) is 1.37.